The molecule has 3 nitrogen and oxygen atoms in total. The number of H-pyrrole nitrogens is 1. The highest BCUT2D eigenvalue weighted by Crippen LogP contribution is 2.26. The predicted octanol–water partition coefficient (Wildman–Crippen LogP) is 5.52. The lowest BCUT2D eigenvalue weighted by molar-refractivity contribution is 0.523. The molecule has 0 radical (unpaired) electrons. The third-order valence-electron chi connectivity index (χ3n) is 4.60. The number of nitrogens with one attached hydrogen (secondary N) is 2. The van der Waals surface area contributed by atoms with Crippen LogP contribution in [0.3, 0.4) is 0 Å². The maximum absolute atomic E-state index is 13.5. The molecule has 3 heterocycles. The van der Waals surface area contributed by atoms with Gasteiger partial charge >= 0.3 is 0 Å². The van der Waals surface area contributed by atoms with Gasteiger partial charge in [-0.25, -0.2) is 9.37 Å². The zero-order valence-corrected chi connectivity index (χ0v) is 16.3. The maximum Gasteiger partial charge on any atom is 0.123 e. The number of aryl methyl sites for hydroxylation is 2. The van der Waals surface area contributed by atoms with Gasteiger partial charge in [-0.2, -0.15) is 11.3 Å². The third-order valence-corrected chi connectivity index (χ3v) is 6.41. The number of fused-ring (bicyclic) bond motifs is 1. The maximum atomic E-state index is 13.5. The minimum Gasteiger partial charge on any atom is -0.357 e. The molecule has 1 aromatic carbocycles. The van der Waals surface area contributed by atoms with Crippen LogP contribution in [-0.2, 0) is 13.0 Å². The van der Waals surface area contributed by atoms with E-state index in [1.54, 1.807) is 34.8 Å². The number of thiophene rings is 1. The highest BCUT2D eigenvalue weighted by molar-refractivity contribution is 7.09. The molecule has 1 atom stereocenters. The van der Waals surface area contributed by atoms with Crippen molar-refractivity contribution in [1.82, 2.24) is 15.3 Å². The molecule has 0 aliphatic carbocycles. The SMILES string of the molecule is Cc1csc([C@@H](Cc2ccsc2)NCc2[nH]c3ccc(F)cc3c2C)n1. The molecule has 0 fully saturated rings. The lowest BCUT2D eigenvalue weighted by Gasteiger charge is -2.16. The second-order valence-corrected chi connectivity index (χ2v) is 8.18. The van der Waals surface area contributed by atoms with Gasteiger partial charge in [0.1, 0.15) is 10.8 Å². The van der Waals surface area contributed by atoms with Gasteiger partial charge in [-0.15, -0.1) is 11.3 Å². The van der Waals surface area contributed by atoms with Gasteiger partial charge in [0.2, 0.25) is 0 Å². The van der Waals surface area contributed by atoms with Gasteiger partial charge in [-0.1, -0.05) is 0 Å². The van der Waals surface area contributed by atoms with E-state index in [0.717, 1.165) is 39.3 Å². The Kier molecular flexibility index (Phi) is 4.89. The summed E-state index contributed by atoms with van der Waals surface area (Å²) in [6.45, 7) is 4.75. The molecule has 4 rings (SSSR count). The number of halogens is 1. The van der Waals surface area contributed by atoms with Crippen molar-refractivity contribution in [3.63, 3.8) is 0 Å². The van der Waals surface area contributed by atoms with Gasteiger partial charge in [0.15, 0.2) is 0 Å². The van der Waals surface area contributed by atoms with Crippen molar-refractivity contribution in [3.8, 4) is 0 Å². The summed E-state index contributed by atoms with van der Waals surface area (Å²) >= 11 is 3.41. The van der Waals surface area contributed by atoms with E-state index < -0.39 is 0 Å². The monoisotopic (exact) mass is 385 g/mol. The molecule has 0 amide bonds. The second-order valence-electron chi connectivity index (χ2n) is 6.51. The van der Waals surface area contributed by atoms with Crippen molar-refractivity contribution in [2.24, 2.45) is 0 Å². The van der Waals surface area contributed by atoms with Gasteiger partial charge in [0, 0.05) is 34.2 Å². The highest BCUT2D eigenvalue weighted by Gasteiger charge is 2.17. The van der Waals surface area contributed by atoms with E-state index >= 15 is 0 Å². The molecule has 134 valence electrons. The number of nitrogens with zero attached hydrogens (tertiary/aromatic N) is 1. The summed E-state index contributed by atoms with van der Waals surface area (Å²) in [5.74, 6) is -0.201. The lowest BCUT2D eigenvalue weighted by Crippen LogP contribution is -2.23. The van der Waals surface area contributed by atoms with E-state index in [9.17, 15) is 4.39 Å². The zero-order chi connectivity index (χ0) is 18.1. The zero-order valence-electron chi connectivity index (χ0n) is 14.7. The number of hydrogen-bond acceptors (Lipinski definition) is 4. The fraction of sp³-hybridized carbons (Fsp3) is 0.250. The van der Waals surface area contributed by atoms with E-state index in [-0.39, 0.29) is 11.9 Å². The Bertz CT molecular complexity index is 1020. The minimum atomic E-state index is -0.201. The lowest BCUT2D eigenvalue weighted by atomic mass is 10.1. The highest BCUT2D eigenvalue weighted by atomic mass is 32.1. The van der Waals surface area contributed by atoms with E-state index in [2.05, 4.69) is 37.5 Å². The van der Waals surface area contributed by atoms with Crippen LogP contribution in [0.1, 0.15) is 33.6 Å². The van der Waals surface area contributed by atoms with Crippen LogP contribution in [0, 0.1) is 19.7 Å². The van der Waals surface area contributed by atoms with E-state index in [1.165, 1.54) is 11.6 Å². The number of hydrogen-bond donors (Lipinski definition) is 2. The Morgan fingerprint density at radius 3 is 2.85 bits per heavy atom. The average Bonchev–Trinajstić information content (AvgIpc) is 3.34. The Morgan fingerprint density at radius 2 is 2.12 bits per heavy atom. The molecule has 6 heteroatoms. The summed E-state index contributed by atoms with van der Waals surface area (Å²) in [5.41, 5.74) is 5.53. The largest absolute Gasteiger partial charge is 0.357 e. The Hall–Kier alpha value is -2.02. The van der Waals surface area contributed by atoms with Crippen LogP contribution in [0.2, 0.25) is 0 Å². The van der Waals surface area contributed by atoms with E-state index in [1.807, 2.05) is 13.8 Å². The topological polar surface area (TPSA) is 40.7 Å². The van der Waals surface area contributed by atoms with E-state index in [4.69, 9.17) is 0 Å². The first-order valence-corrected chi connectivity index (χ1v) is 10.4. The van der Waals surface area contributed by atoms with Gasteiger partial charge < -0.3 is 10.3 Å². The summed E-state index contributed by atoms with van der Waals surface area (Å²) in [4.78, 5) is 8.10. The predicted molar refractivity (Wildman–Crippen MR) is 107 cm³/mol. The number of aromatic nitrogens is 2. The Morgan fingerprint density at radius 1 is 1.23 bits per heavy atom. The van der Waals surface area contributed by atoms with Crippen molar-refractivity contribution in [2.75, 3.05) is 0 Å². The summed E-state index contributed by atoms with van der Waals surface area (Å²) < 4.78 is 13.5. The first-order valence-electron chi connectivity index (χ1n) is 8.53. The summed E-state index contributed by atoms with van der Waals surface area (Å²) in [6, 6.07) is 7.21. The molecule has 2 N–H and O–H groups in total. The first kappa shape index (κ1) is 17.4. The van der Waals surface area contributed by atoms with Crippen LogP contribution in [0.25, 0.3) is 10.9 Å². The Labute approximate surface area is 159 Å². The fourth-order valence-electron chi connectivity index (χ4n) is 3.18. The molecule has 0 aliphatic rings. The van der Waals surface area contributed by atoms with Crippen molar-refractivity contribution in [1.29, 1.82) is 0 Å². The van der Waals surface area contributed by atoms with Crippen LogP contribution < -0.4 is 5.32 Å². The Balaban J connectivity index is 1.57. The van der Waals surface area contributed by atoms with Gasteiger partial charge in [0.25, 0.3) is 0 Å². The molecular weight excluding hydrogens is 365 g/mol. The molecule has 3 aromatic heterocycles. The van der Waals surface area contributed by atoms with Gasteiger partial charge in [-0.3, -0.25) is 0 Å². The standard InChI is InChI=1S/C20H20FN3S2/c1-12-10-26-20(23-12)18(7-14-5-6-25-11-14)22-9-19-13(2)16-8-15(21)3-4-17(16)24-19/h3-6,8,10-11,18,22,24H,7,9H2,1-2H3/t18-/m1/s1. The first-order chi connectivity index (χ1) is 12.6. The number of benzene rings is 1. The quantitative estimate of drug-likeness (QED) is 0.459. The normalized spacial score (nSPS) is 12.7. The summed E-state index contributed by atoms with van der Waals surface area (Å²) in [5, 5.41) is 12.1. The molecule has 0 saturated carbocycles. The third kappa shape index (κ3) is 3.58. The summed E-state index contributed by atoms with van der Waals surface area (Å²) in [6.07, 6.45) is 0.907. The number of thiazole rings is 1. The van der Waals surface area contributed by atoms with Crippen molar-refractivity contribution < 1.29 is 4.39 Å². The smallest absolute Gasteiger partial charge is 0.123 e. The summed E-state index contributed by atoms with van der Waals surface area (Å²) in [7, 11) is 0. The van der Waals surface area contributed by atoms with Gasteiger partial charge in [-0.05, 0) is 66.4 Å². The van der Waals surface area contributed by atoms with Crippen molar-refractivity contribution in [2.45, 2.75) is 32.9 Å². The minimum absolute atomic E-state index is 0.158. The van der Waals surface area contributed by atoms with Gasteiger partial charge in [0.05, 0.1) is 6.04 Å². The molecule has 0 unspecified atom stereocenters. The molecule has 4 aromatic rings. The molecule has 0 aliphatic heterocycles. The van der Waals surface area contributed by atoms with Crippen molar-refractivity contribution in [3.05, 3.63) is 73.7 Å². The molecular formula is C20H20FN3S2. The molecule has 0 spiro atoms. The number of aromatic amines is 1. The molecule has 0 bridgehead atoms. The van der Waals surface area contributed by atoms with Crippen LogP contribution in [-0.4, -0.2) is 9.97 Å². The number of rotatable bonds is 6. The van der Waals surface area contributed by atoms with Crippen LogP contribution in [0.4, 0.5) is 4.39 Å². The van der Waals surface area contributed by atoms with E-state index in [0.29, 0.717) is 6.54 Å². The second kappa shape index (κ2) is 7.31. The van der Waals surface area contributed by atoms with Crippen LogP contribution in [0.5, 0.6) is 0 Å². The molecule has 26 heavy (non-hydrogen) atoms. The average molecular weight is 386 g/mol. The van der Waals surface area contributed by atoms with Crippen LogP contribution in [0.15, 0.2) is 40.4 Å². The molecule has 0 saturated heterocycles. The fourth-order valence-corrected chi connectivity index (χ4v) is 4.73. The van der Waals surface area contributed by atoms with Crippen molar-refractivity contribution >= 4 is 33.6 Å². The van der Waals surface area contributed by atoms with Crippen LogP contribution >= 0.6 is 22.7 Å².